The fraction of sp³-hybridized carbons (Fsp3) is 0.455. The Balaban J connectivity index is 2.89. The second-order valence-corrected chi connectivity index (χ2v) is 6.91. The van der Waals surface area contributed by atoms with Crippen LogP contribution < -0.4 is 4.74 Å². The van der Waals surface area contributed by atoms with Crippen LogP contribution in [0.25, 0.3) is 0 Å². The summed E-state index contributed by atoms with van der Waals surface area (Å²) in [5, 5.41) is 0. The molecule has 0 aliphatic heterocycles. The fourth-order valence-corrected chi connectivity index (χ4v) is 2.87. The van der Waals surface area contributed by atoms with E-state index < -0.39 is 56.3 Å². The molecule has 0 saturated heterocycles. The molecule has 0 amide bonds. The fourth-order valence-electron chi connectivity index (χ4n) is 1.44. The zero-order valence-electron chi connectivity index (χ0n) is 10.3. The molecule has 3 nitrogen and oxygen atoms in total. The largest absolute Gasteiger partial charge is 0.487 e. The van der Waals surface area contributed by atoms with Crippen molar-refractivity contribution in [3.63, 3.8) is 0 Å². The van der Waals surface area contributed by atoms with Crippen LogP contribution >= 0.6 is 10.7 Å². The first-order valence-corrected chi connectivity index (χ1v) is 8.01. The number of rotatable bonds is 6. The van der Waals surface area contributed by atoms with Gasteiger partial charge in [-0.3, -0.25) is 0 Å². The molecule has 20 heavy (non-hydrogen) atoms. The van der Waals surface area contributed by atoms with Crippen LogP contribution in [0.2, 0.25) is 0 Å². The maximum Gasteiger partial charge on any atom is 0.232 e. The summed E-state index contributed by atoms with van der Waals surface area (Å²) in [6, 6.07) is 0.0536. The van der Waals surface area contributed by atoms with Crippen molar-refractivity contribution in [2.45, 2.75) is 13.3 Å². The summed E-state index contributed by atoms with van der Waals surface area (Å²) in [6.45, 7) is 1.16. The van der Waals surface area contributed by atoms with E-state index in [9.17, 15) is 26.0 Å². The van der Waals surface area contributed by atoms with Crippen molar-refractivity contribution in [3.8, 4) is 5.75 Å². The van der Waals surface area contributed by atoms with Crippen LogP contribution in [0.5, 0.6) is 5.75 Å². The quantitative estimate of drug-likeness (QED) is 0.456. The molecule has 1 aromatic carbocycles. The van der Waals surface area contributed by atoms with E-state index in [1.807, 2.05) is 0 Å². The first kappa shape index (κ1) is 17.0. The van der Waals surface area contributed by atoms with Crippen molar-refractivity contribution in [1.82, 2.24) is 0 Å². The monoisotopic (exact) mass is 334 g/mol. The van der Waals surface area contributed by atoms with Crippen molar-refractivity contribution >= 4 is 19.7 Å². The molecule has 0 spiro atoms. The molecule has 1 rings (SSSR count). The normalized spacial score (nSPS) is 13.3. The average Bonchev–Trinajstić information content (AvgIpc) is 2.33. The molecule has 1 atom stereocenters. The summed E-state index contributed by atoms with van der Waals surface area (Å²) in [5.74, 6) is -8.91. The van der Waals surface area contributed by atoms with Crippen molar-refractivity contribution in [1.29, 1.82) is 0 Å². The molecule has 0 radical (unpaired) electrons. The first-order chi connectivity index (χ1) is 9.15. The number of benzene rings is 1. The van der Waals surface area contributed by atoms with Crippen molar-refractivity contribution in [2.24, 2.45) is 5.92 Å². The lowest BCUT2D eigenvalue weighted by molar-refractivity contribution is 0.228. The molecule has 9 heteroatoms. The third-order valence-electron chi connectivity index (χ3n) is 2.55. The van der Waals surface area contributed by atoms with Crippen LogP contribution in [0, 0.1) is 29.2 Å². The second kappa shape index (κ2) is 6.62. The number of halogens is 5. The van der Waals surface area contributed by atoms with E-state index in [-0.39, 0.29) is 12.5 Å². The molecule has 0 aromatic heterocycles. The highest BCUT2D eigenvalue weighted by atomic mass is 35.7. The molecule has 0 saturated carbocycles. The summed E-state index contributed by atoms with van der Waals surface area (Å²) in [5.41, 5.74) is 0. The Labute approximate surface area is 117 Å². The molecule has 114 valence electrons. The molecule has 1 aromatic rings. The molecular formula is C11H11ClF4O3S. The van der Waals surface area contributed by atoms with Crippen LogP contribution in [0.15, 0.2) is 6.07 Å². The van der Waals surface area contributed by atoms with Crippen LogP contribution in [0.4, 0.5) is 17.6 Å². The van der Waals surface area contributed by atoms with E-state index in [1.54, 1.807) is 6.92 Å². The van der Waals surface area contributed by atoms with Gasteiger partial charge in [0.2, 0.25) is 20.7 Å². The van der Waals surface area contributed by atoms with Crippen molar-refractivity contribution in [2.75, 3.05) is 12.4 Å². The third kappa shape index (κ3) is 4.52. The minimum atomic E-state index is -3.82. The van der Waals surface area contributed by atoms with Gasteiger partial charge in [0.1, 0.15) is 0 Å². The molecule has 0 bridgehead atoms. The van der Waals surface area contributed by atoms with Crippen molar-refractivity contribution in [3.05, 3.63) is 29.3 Å². The summed E-state index contributed by atoms with van der Waals surface area (Å²) in [7, 11) is 1.23. The summed E-state index contributed by atoms with van der Waals surface area (Å²) in [6.07, 6.45) is 0.285. The smallest absolute Gasteiger partial charge is 0.232 e. The lowest BCUT2D eigenvalue weighted by atomic mass is 10.1. The Bertz CT molecular complexity index is 566. The Kier molecular flexibility index (Phi) is 5.64. The lowest BCUT2D eigenvalue weighted by Crippen LogP contribution is -2.20. The molecule has 0 aliphatic carbocycles. The SMILES string of the molecule is CCC(COc1c(F)c(F)cc(F)c1F)CS(=O)(=O)Cl. The first-order valence-electron chi connectivity index (χ1n) is 5.53. The average molecular weight is 335 g/mol. The Morgan fingerprint density at radius 3 is 2.10 bits per heavy atom. The van der Waals surface area contributed by atoms with Crippen molar-refractivity contribution < 1.29 is 30.7 Å². The highest BCUT2D eigenvalue weighted by molar-refractivity contribution is 8.13. The summed E-state index contributed by atoms with van der Waals surface area (Å²) in [4.78, 5) is 0. The number of hydrogen-bond donors (Lipinski definition) is 0. The predicted molar refractivity (Wildman–Crippen MR) is 65.2 cm³/mol. The molecule has 0 heterocycles. The highest BCUT2D eigenvalue weighted by Gasteiger charge is 2.23. The molecule has 0 fully saturated rings. The van der Waals surface area contributed by atoms with E-state index in [4.69, 9.17) is 10.7 Å². The summed E-state index contributed by atoms with van der Waals surface area (Å²) < 4.78 is 78.9. The van der Waals surface area contributed by atoms with E-state index in [1.165, 1.54) is 0 Å². The van der Waals surface area contributed by atoms with Gasteiger partial charge in [-0.15, -0.1) is 0 Å². The minimum Gasteiger partial charge on any atom is -0.487 e. The zero-order valence-corrected chi connectivity index (χ0v) is 11.9. The van der Waals surface area contributed by atoms with E-state index in [0.29, 0.717) is 0 Å². The summed E-state index contributed by atoms with van der Waals surface area (Å²) >= 11 is 0. The van der Waals surface area contributed by atoms with Gasteiger partial charge in [0.05, 0.1) is 12.4 Å². The van der Waals surface area contributed by atoms with Gasteiger partial charge in [-0.05, 0) is 6.42 Å². The molecule has 0 N–H and O–H groups in total. The van der Waals surface area contributed by atoms with Gasteiger partial charge in [-0.2, -0.15) is 8.78 Å². The third-order valence-corrected chi connectivity index (χ3v) is 3.79. The van der Waals surface area contributed by atoms with Crippen LogP contribution in [0.1, 0.15) is 13.3 Å². The molecule has 1 unspecified atom stereocenters. The lowest BCUT2D eigenvalue weighted by Gasteiger charge is -2.15. The van der Waals surface area contributed by atoms with Gasteiger partial charge in [0.15, 0.2) is 17.4 Å². The standard InChI is InChI=1S/C11H11ClF4O3S/c1-2-6(5-20(12,17)18)4-19-11-9(15)7(13)3-8(14)10(11)16/h3,6H,2,4-5H2,1H3. The maximum absolute atomic E-state index is 13.3. The Hall–Kier alpha value is -1.02. The maximum atomic E-state index is 13.3. The Morgan fingerprint density at radius 1 is 1.20 bits per heavy atom. The number of ether oxygens (including phenoxy) is 1. The van der Waals surface area contributed by atoms with Gasteiger partial charge < -0.3 is 4.74 Å². The van der Waals surface area contributed by atoms with E-state index >= 15 is 0 Å². The van der Waals surface area contributed by atoms with E-state index in [2.05, 4.69) is 4.74 Å². The van der Waals surface area contributed by atoms with Gasteiger partial charge in [0.25, 0.3) is 0 Å². The van der Waals surface area contributed by atoms with Crippen LogP contribution in [0.3, 0.4) is 0 Å². The highest BCUT2D eigenvalue weighted by Crippen LogP contribution is 2.27. The van der Waals surface area contributed by atoms with Gasteiger partial charge in [-0.1, -0.05) is 6.92 Å². The topological polar surface area (TPSA) is 43.4 Å². The Morgan fingerprint density at radius 2 is 1.70 bits per heavy atom. The zero-order chi connectivity index (χ0) is 15.5. The molecule has 0 aliphatic rings. The number of hydrogen-bond acceptors (Lipinski definition) is 3. The van der Waals surface area contributed by atoms with Gasteiger partial charge in [0, 0.05) is 22.7 Å². The minimum absolute atomic E-state index is 0.0536. The van der Waals surface area contributed by atoms with Crippen LogP contribution in [-0.4, -0.2) is 20.8 Å². The molecular weight excluding hydrogens is 324 g/mol. The second-order valence-electron chi connectivity index (χ2n) is 4.09. The van der Waals surface area contributed by atoms with Gasteiger partial charge >= 0.3 is 0 Å². The van der Waals surface area contributed by atoms with Gasteiger partial charge in [-0.25, -0.2) is 17.2 Å². The van der Waals surface area contributed by atoms with Crippen LogP contribution in [-0.2, 0) is 9.05 Å². The predicted octanol–water partition coefficient (Wildman–Crippen LogP) is 3.22. The van der Waals surface area contributed by atoms with E-state index in [0.717, 1.165) is 0 Å².